The summed E-state index contributed by atoms with van der Waals surface area (Å²) in [7, 11) is 1.67. The highest BCUT2D eigenvalue weighted by Gasteiger charge is 2.23. The van der Waals surface area contributed by atoms with E-state index in [4.69, 9.17) is 15.2 Å². The highest BCUT2D eigenvalue weighted by Crippen LogP contribution is 2.43. The van der Waals surface area contributed by atoms with Crippen molar-refractivity contribution in [1.29, 1.82) is 0 Å². The fourth-order valence-electron chi connectivity index (χ4n) is 2.39. The van der Waals surface area contributed by atoms with Crippen molar-refractivity contribution in [3.63, 3.8) is 0 Å². The number of methoxy groups -OCH3 is 1. The first kappa shape index (κ1) is 10.4. The lowest BCUT2D eigenvalue weighted by Crippen LogP contribution is -2.21. The molecule has 1 aliphatic rings. The number of benzene rings is 2. The van der Waals surface area contributed by atoms with Crippen molar-refractivity contribution in [2.24, 2.45) is 5.73 Å². The van der Waals surface area contributed by atoms with E-state index < -0.39 is 0 Å². The van der Waals surface area contributed by atoms with Crippen LogP contribution in [0, 0.1) is 0 Å². The zero-order valence-corrected chi connectivity index (χ0v) is 9.77. The van der Waals surface area contributed by atoms with E-state index in [-0.39, 0.29) is 6.04 Å². The molecule has 1 atom stereocenters. The molecule has 17 heavy (non-hydrogen) atoms. The fourth-order valence-corrected chi connectivity index (χ4v) is 2.39. The van der Waals surface area contributed by atoms with Crippen LogP contribution in [0.1, 0.15) is 18.0 Å². The highest BCUT2D eigenvalue weighted by atomic mass is 16.5. The largest absolute Gasteiger partial charge is 0.492 e. The number of hydrogen-bond acceptors (Lipinski definition) is 3. The van der Waals surface area contributed by atoms with Gasteiger partial charge < -0.3 is 15.2 Å². The molecule has 0 saturated heterocycles. The minimum atomic E-state index is 0.0391. The summed E-state index contributed by atoms with van der Waals surface area (Å²) in [4.78, 5) is 0. The molecule has 0 aromatic heterocycles. The molecule has 88 valence electrons. The molecular weight excluding hydrogens is 214 g/mol. The molecule has 0 unspecified atom stereocenters. The average Bonchev–Trinajstić information content (AvgIpc) is 2.37. The van der Waals surface area contributed by atoms with Gasteiger partial charge in [-0.25, -0.2) is 0 Å². The van der Waals surface area contributed by atoms with Crippen LogP contribution in [0.4, 0.5) is 0 Å². The second kappa shape index (κ2) is 3.93. The van der Waals surface area contributed by atoms with E-state index in [1.807, 2.05) is 18.2 Å². The molecule has 2 N–H and O–H groups in total. The van der Waals surface area contributed by atoms with Gasteiger partial charge in [-0.1, -0.05) is 24.3 Å². The molecule has 0 aliphatic carbocycles. The van der Waals surface area contributed by atoms with Crippen molar-refractivity contribution in [1.82, 2.24) is 0 Å². The molecule has 3 nitrogen and oxygen atoms in total. The zero-order valence-electron chi connectivity index (χ0n) is 9.77. The Morgan fingerprint density at radius 3 is 3.00 bits per heavy atom. The molecule has 0 amide bonds. The van der Waals surface area contributed by atoms with Crippen LogP contribution in [0.3, 0.4) is 0 Å². The summed E-state index contributed by atoms with van der Waals surface area (Å²) in [5.74, 6) is 1.61. The summed E-state index contributed by atoms with van der Waals surface area (Å²) in [5.41, 5.74) is 7.17. The van der Waals surface area contributed by atoms with Crippen molar-refractivity contribution in [3.8, 4) is 11.5 Å². The van der Waals surface area contributed by atoms with Gasteiger partial charge in [0.25, 0.3) is 0 Å². The maximum atomic E-state index is 6.13. The topological polar surface area (TPSA) is 44.5 Å². The molecule has 0 fully saturated rings. The van der Waals surface area contributed by atoms with Crippen LogP contribution in [0.5, 0.6) is 11.5 Å². The Morgan fingerprint density at radius 1 is 1.35 bits per heavy atom. The van der Waals surface area contributed by atoms with E-state index in [1.165, 1.54) is 0 Å². The molecule has 0 saturated carbocycles. The Balaban J connectivity index is 2.36. The van der Waals surface area contributed by atoms with E-state index in [0.29, 0.717) is 6.61 Å². The summed E-state index contributed by atoms with van der Waals surface area (Å²) in [6.07, 6.45) is 0.856. The summed E-state index contributed by atoms with van der Waals surface area (Å²) in [6, 6.07) is 10.3. The monoisotopic (exact) mass is 229 g/mol. The molecule has 3 heteroatoms. The number of hydrogen-bond donors (Lipinski definition) is 1. The minimum absolute atomic E-state index is 0.0391. The first-order valence-electron chi connectivity index (χ1n) is 5.79. The van der Waals surface area contributed by atoms with Gasteiger partial charge >= 0.3 is 0 Å². The first-order chi connectivity index (χ1) is 8.31. The van der Waals surface area contributed by atoms with E-state index >= 15 is 0 Å². The molecule has 0 spiro atoms. The molecule has 0 radical (unpaired) electrons. The van der Waals surface area contributed by atoms with Crippen LogP contribution in [0.15, 0.2) is 30.3 Å². The van der Waals surface area contributed by atoms with Gasteiger partial charge in [0.15, 0.2) is 11.5 Å². The maximum Gasteiger partial charge on any atom is 0.168 e. The minimum Gasteiger partial charge on any atom is -0.492 e. The standard InChI is InChI=1S/C14H15NO2/c1-16-13-10-5-3-2-4-9(10)8-11-12(15)6-7-17-14(11)13/h2-5,8,12H,6-7,15H2,1H3/t12-/m0/s1. The summed E-state index contributed by atoms with van der Waals surface area (Å²) in [5, 5.41) is 2.21. The number of fused-ring (bicyclic) bond motifs is 2. The Bertz CT molecular complexity index is 565. The Kier molecular flexibility index (Phi) is 2.41. The van der Waals surface area contributed by atoms with Crippen LogP contribution in [-0.4, -0.2) is 13.7 Å². The Hall–Kier alpha value is -1.74. The molecule has 1 aliphatic heterocycles. The smallest absolute Gasteiger partial charge is 0.168 e. The van der Waals surface area contributed by atoms with Gasteiger partial charge in [0.2, 0.25) is 0 Å². The van der Waals surface area contributed by atoms with Crippen molar-refractivity contribution in [3.05, 3.63) is 35.9 Å². The summed E-state index contributed by atoms with van der Waals surface area (Å²) < 4.78 is 11.2. The second-order valence-corrected chi connectivity index (χ2v) is 4.29. The lowest BCUT2D eigenvalue weighted by molar-refractivity contribution is 0.254. The lowest BCUT2D eigenvalue weighted by atomic mass is 9.96. The SMILES string of the molecule is COc1c2c(cc3ccccc13)[C@@H](N)CCO2. The third-order valence-corrected chi connectivity index (χ3v) is 3.26. The molecule has 3 rings (SSSR count). The maximum absolute atomic E-state index is 6.13. The molecular formula is C14H15NO2. The van der Waals surface area contributed by atoms with Crippen LogP contribution in [-0.2, 0) is 0 Å². The molecule has 0 bridgehead atoms. The Labute approximate surface area is 100 Å². The molecule has 2 aromatic rings. The van der Waals surface area contributed by atoms with Crippen LogP contribution in [0.2, 0.25) is 0 Å². The quantitative estimate of drug-likeness (QED) is 0.817. The highest BCUT2D eigenvalue weighted by molar-refractivity contribution is 5.92. The lowest BCUT2D eigenvalue weighted by Gasteiger charge is -2.25. The van der Waals surface area contributed by atoms with Gasteiger partial charge in [-0.3, -0.25) is 0 Å². The van der Waals surface area contributed by atoms with Gasteiger partial charge in [0, 0.05) is 23.4 Å². The third-order valence-electron chi connectivity index (χ3n) is 3.26. The number of nitrogens with two attached hydrogens (primary N) is 1. The van der Waals surface area contributed by atoms with Crippen molar-refractivity contribution in [2.75, 3.05) is 13.7 Å². The van der Waals surface area contributed by atoms with Crippen molar-refractivity contribution in [2.45, 2.75) is 12.5 Å². The molecule has 1 heterocycles. The molecule has 2 aromatic carbocycles. The average molecular weight is 229 g/mol. The van der Waals surface area contributed by atoms with Gasteiger partial charge in [0.05, 0.1) is 13.7 Å². The predicted molar refractivity (Wildman–Crippen MR) is 67.5 cm³/mol. The summed E-state index contributed by atoms with van der Waals surface area (Å²) in [6.45, 7) is 0.656. The normalized spacial score (nSPS) is 18.6. The van der Waals surface area contributed by atoms with Crippen molar-refractivity contribution >= 4 is 10.8 Å². The predicted octanol–water partition coefficient (Wildman–Crippen LogP) is 2.63. The van der Waals surface area contributed by atoms with Gasteiger partial charge in [-0.05, 0) is 11.5 Å². The zero-order chi connectivity index (χ0) is 11.8. The Morgan fingerprint density at radius 2 is 2.18 bits per heavy atom. The number of rotatable bonds is 1. The third kappa shape index (κ3) is 1.54. The van der Waals surface area contributed by atoms with E-state index in [0.717, 1.165) is 34.3 Å². The van der Waals surface area contributed by atoms with Crippen molar-refractivity contribution < 1.29 is 9.47 Å². The fraction of sp³-hybridized carbons (Fsp3) is 0.286. The van der Waals surface area contributed by atoms with Crippen LogP contribution >= 0.6 is 0 Å². The van der Waals surface area contributed by atoms with Gasteiger partial charge in [0.1, 0.15) is 0 Å². The van der Waals surface area contributed by atoms with E-state index in [2.05, 4.69) is 12.1 Å². The number of ether oxygens (including phenoxy) is 2. The van der Waals surface area contributed by atoms with Crippen LogP contribution < -0.4 is 15.2 Å². The second-order valence-electron chi connectivity index (χ2n) is 4.29. The van der Waals surface area contributed by atoms with E-state index in [9.17, 15) is 0 Å². The van der Waals surface area contributed by atoms with Crippen LogP contribution in [0.25, 0.3) is 10.8 Å². The van der Waals surface area contributed by atoms with Gasteiger partial charge in [-0.2, -0.15) is 0 Å². The van der Waals surface area contributed by atoms with E-state index in [1.54, 1.807) is 7.11 Å². The first-order valence-corrected chi connectivity index (χ1v) is 5.79. The van der Waals surface area contributed by atoms with Gasteiger partial charge in [-0.15, -0.1) is 0 Å². The summed E-state index contributed by atoms with van der Waals surface area (Å²) >= 11 is 0.